The summed E-state index contributed by atoms with van der Waals surface area (Å²) in [5, 5.41) is 0. The maximum Gasteiger partial charge on any atom is 0.222 e. The minimum absolute atomic E-state index is 0.155. The van der Waals surface area contributed by atoms with Crippen molar-refractivity contribution in [3.63, 3.8) is 0 Å². The second kappa shape index (κ2) is 6.59. The standard InChI is InChI=1S/C18H24FNO/c19-17-5-1-3-14(11-17)8-9-16-4-2-10-20(13-16)18(21)12-15-6-7-15/h1,3,5,11,15-16H,2,4,6-10,12-13H2. The van der Waals surface area contributed by atoms with E-state index in [0.29, 0.717) is 17.7 Å². The number of amides is 1. The van der Waals surface area contributed by atoms with Gasteiger partial charge >= 0.3 is 0 Å². The van der Waals surface area contributed by atoms with Crippen molar-refractivity contribution in [2.75, 3.05) is 13.1 Å². The molecule has 1 atom stereocenters. The number of nitrogens with zero attached hydrogens (tertiary/aromatic N) is 1. The van der Waals surface area contributed by atoms with Crippen LogP contribution in [0.25, 0.3) is 0 Å². The Morgan fingerprint density at radius 2 is 2.10 bits per heavy atom. The van der Waals surface area contributed by atoms with E-state index < -0.39 is 0 Å². The van der Waals surface area contributed by atoms with Crippen molar-refractivity contribution in [1.29, 1.82) is 0 Å². The number of piperidine rings is 1. The van der Waals surface area contributed by atoms with E-state index in [1.807, 2.05) is 6.07 Å². The van der Waals surface area contributed by atoms with Crippen LogP contribution in [0.2, 0.25) is 0 Å². The van der Waals surface area contributed by atoms with Gasteiger partial charge in [0, 0.05) is 19.5 Å². The SMILES string of the molecule is O=C(CC1CC1)N1CCCC(CCc2cccc(F)c2)C1. The van der Waals surface area contributed by atoms with Crippen LogP contribution in [-0.4, -0.2) is 23.9 Å². The Morgan fingerprint density at radius 3 is 2.86 bits per heavy atom. The highest BCUT2D eigenvalue weighted by Crippen LogP contribution is 2.33. The molecule has 0 spiro atoms. The van der Waals surface area contributed by atoms with Crippen molar-refractivity contribution in [2.45, 2.75) is 44.9 Å². The lowest BCUT2D eigenvalue weighted by Crippen LogP contribution is -2.40. The fourth-order valence-electron chi connectivity index (χ4n) is 3.29. The van der Waals surface area contributed by atoms with Crippen LogP contribution >= 0.6 is 0 Å². The van der Waals surface area contributed by atoms with Gasteiger partial charge in [0.2, 0.25) is 5.91 Å². The maximum atomic E-state index is 13.2. The molecule has 0 aromatic heterocycles. The van der Waals surface area contributed by atoms with Crippen molar-refractivity contribution in [3.8, 4) is 0 Å². The summed E-state index contributed by atoms with van der Waals surface area (Å²) in [6.07, 6.45) is 7.51. The first-order chi connectivity index (χ1) is 10.2. The van der Waals surface area contributed by atoms with E-state index in [-0.39, 0.29) is 5.82 Å². The van der Waals surface area contributed by atoms with Crippen LogP contribution in [0, 0.1) is 17.7 Å². The number of likely N-dealkylation sites (tertiary alicyclic amines) is 1. The molecule has 1 unspecified atom stereocenters. The lowest BCUT2D eigenvalue weighted by atomic mass is 9.91. The predicted octanol–water partition coefficient (Wildman–Crippen LogP) is 3.80. The number of carbonyl (C=O) groups is 1. The highest BCUT2D eigenvalue weighted by molar-refractivity contribution is 5.76. The molecule has 114 valence electrons. The van der Waals surface area contributed by atoms with E-state index in [9.17, 15) is 9.18 Å². The van der Waals surface area contributed by atoms with Crippen LogP contribution < -0.4 is 0 Å². The van der Waals surface area contributed by atoms with Gasteiger partial charge < -0.3 is 4.90 Å². The molecule has 21 heavy (non-hydrogen) atoms. The smallest absolute Gasteiger partial charge is 0.222 e. The molecule has 0 bridgehead atoms. The van der Waals surface area contributed by atoms with Gasteiger partial charge in [0.1, 0.15) is 5.82 Å². The minimum atomic E-state index is -0.155. The average Bonchev–Trinajstić information content (AvgIpc) is 3.29. The van der Waals surface area contributed by atoms with Crippen LogP contribution in [0.15, 0.2) is 24.3 Å². The molecule has 3 heteroatoms. The van der Waals surface area contributed by atoms with Crippen molar-refractivity contribution in [3.05, 3.63) is 35.6 Å². The average molecular weight is 289 g/mol. The molecule has 2 nitrogen and oxygen atoms in total. The van der Waals surface area contributed by atoms with Gasteiger partial charge in [0.05, 0.1) is 0 Å². The number of rotatable bonds is 5. The molecule has 1 amide bonds. The highest BCUT2D eigenvalue weighted by Gasteiger charge is 2.29. The highest BCUT2D eigenvalue weighted by atomic mass is 19.1. The Labute approximate surface area is 126 Å². The van der Waals surface area contributed by atoms with E-state index in [1.54, 1.807) is 12.1 Å². The molecule has 1 aliphatic carbocycles. The van der Waals surface area contributed by atoms with Crippen LogP contribution in [0.4, 0.5) is 4.39 Å². The van der Waals surface area contributed by atoms with E-state index in [4.69, 9.17) is 0 Å². The zero-order chi connectivity index (χ0) is 14.7. The summed E-state index contributed by atoms with van der Waals surface area (Å²) >= 11 is 0. The van der Waals surface area contributed by atoms with Gasteiger partial charge in [-0.15, -0.1) is 0 Å². The number of carbonyl (C=O) groups excluding carboxylic acids is 1. The molecule has 2 fully saturated rings. The Bertz CT molecular complexity index is 498. The van der Waals surface area contributed by atoms with Gasteiger partial charge in [-0.3, -0.25) is 4.79 Å². The number of benzene rings is 1. The first-order valence-corrected chi connectivity index (χ1v) is 8.23. The molecule has 1 aliphatic heterocycles. The Kier molecular flexibility index (Phi) is 4.57. The number of aryl methyl sites for hydroxylation is 1. The van der Waals surface area contributed by atoms with Crippen LogP contribution in [0.3, 0.4) is 0 Å². The molecule has 0 N–H and O–H groups in total. The molecule has 1 aromatic carbocycles. The topological polar surface area (TPSA) is 20.3 Å². The first kappa shape index (κ1) is 14.6. The van der Waals surface area contributed by atoms with Crippen molar-refractivity contribution < 1.29 is 9.18 Å². The van der Waals surface area contributed by atoms with E-state index in [1.165, 1.54) is 25.3 Å². The molecular formula is C18H24FNO. The summed E-state index contributed by atoms with van der Waals surface area (Å²) in [5.74, 6) is 1.45. The second-order valence-corrected chi connectivity index (χ2v) is 6.66. The molecule has 1 heterocycles. The third-order valence-electron chi connectivity index (χ3n) is 4.76. The zero-order valence-electron chi connectivity index (χ0n) is 12.6. The molecule has 0 radical (unpaired) electrons. The third kappa shape index (κ3) is 4.29. The Balaban J connectivity index is 1.47. The quantitative estimate of drug-likeness (QED) is 0.807. The summed E-state index contributed by atoms with van der Waals surface area (Å²) in [5.41, 5.74) is 1.07. The minimum Gasteiger partial charge on any atom is -0.342 e. The summed E-state index contributed by atoms with van der Waals surface area (Å²) in [7, 11) is 0. The van der Waals surface area contributed by atoms with Gasteiger partial charge in [-0.1, -0.05) is 12.1 Å². The largest absolute Gasteiger partial charge is 0.342 e. The summed E-state index contributed by atoms with van der Waals surface area (Å²) in [4.78, 5) is 14.3. The lowest BCUT2D eigenvalue weighted by molar-refractivity contribution is -0.133. The van der Waals surface area contributed by atoms with Crippen molar-refractivity contribution >= 4 is 5.91 Å². The van der Waals surface area contributed by atoms with Crippen LogP contribution in [0.1, 0.15) is 44.1 Å². The van der Waals surface area contributed by atoms with Gasteiger partial charge in [-0.2, -0.15) is 0 Å². The Hall–Kier alpha value is -1.38. The van der Waals surface area contributed by atoms with E-state index in [0.717, 1.165) is 44.3 Å². The number of hydrogen-bond acceptors (Lipinski definition) is 1. The molecule has 2 aliphatic rings. The number of halogens is 1. The van der Waals surface area contributed by atoms with Gasteiger partial charge in [0.15, 0.2) is 0 Å². The molecular weight excluding hydrogens is 265 g/mol. The van der Waals surface area contributed by atoms with Gasteiger partial charge in [0.25, 0.3) is 0 Å². The fraction of sp³-hybridized carbons (Fsp3) is 0.611. The summed E-state index contributed by atoms with van der Waals surface area (Å²) < 4.78 is 13.2. The summed E-state index contributed by atoms with van der Waals surface area (Å²) in [6.45, 7) is 1.84. The van der Waals surface area contributed by atoms with E-state index in [2.05, 4.69) is 4.90 Å². The van der Waals surface area contributed by atoms with Gasteiger partial charge in [-0.05, 0) is 68.1 Å². The van der Waals surface area contributed by atoms with Crippen molar-refractivity contribution in [1.82, 2.24) is 4.90 Å². The number of hydrogen-bond donors (Lipinski definition) is 0. The predicted molar refractivity (Wildman–Crippen MR) is 81.4 cm³/mol. The normalized spacial score (nSPS) is 22.3. The van der Waals surface area contributed by atoms with E-state index >= 15 is 0 Å². The third-order valence-corrected chi connectivity index (χ3v) is 4.76. The molecule has 1 saturated heterocycles. The van der Waals surface area contributed by atoms with Crippen molar-refractivity contribution in [2.24, 2.45) is 11.8 Å². The zero-order valence-corrected chi connectivity index (χ0v) is 12.6. The monoisotopic (exact) mass is 289 g/mol. The van der Waals surface area contributed by atoms with Gasteiger partial charge in [-0.25, -0.2) is 4.39 Å². The maximum absolute atomic E-state index is 13.2. The van der Waals surface area contributed by atoms with Crippen LogP contribution in [0.5, 0.6) is 0 Å². The summed E-state index contributed by atoms with van der Waals surface area (Å²) in [6, 6.07) is 6.88. The fourth-order valence-corrected chi connectivity index (χ4v) is 3.29. The molecule has 3 rings (SSSR count). The molecule has 1 aromatic rings. The second-order valence-electron chi connectivity index (χ2n) is 6.66. The van der Waals surface area contributed by atoms with Crippen LogP contribution in [-0.2, 0) is 11.2 Å². The Morgan fingerprint density at radius 1 is 1.24 bits per heavy atom. The molecule has 1 saturated carbocycles. The lowest BCUT2D eigenvalue weighted by Gasteiger charge is -2.33. The first-order valence-electron chi connectivity index (χ1n) is 8.23.